The molecule has 2 fully saturated rings. The molecule has 2 saturated heterocycles. The molecule has 0 bridgehead atoms. The van der Waals surface area contributed by atoms with E-state index in [1.165, 1.54) is 0 Å². The molecule has 1 unspecified atom stereocenters. The van der Waals surface area contributed by atoms with Crippen LogP contribution in [-0.4, -0.2) is 60.8 Å². The fourth-order valence-electron chi connectivity index (χ4n) is 3.79. The zero-order valence-corrected chi connectivity index (χ0v) is 13.1. The van der Waals surface area contributed by atoms with Gasteiger partial charge < -0.3 is 19.6 Å². The topological polar surface area (TPSA) is 53.0 Å². The van der Waals surface area contributed by atoms with Crippen LogP contribution in [0.15, 0.2) is 30.3 Å². The van der Waals surface area contributed by atoms with E-state index in [2.05, 4.69) is 11.9 Å². The van der Waals surface area contributed by atoms with Gasteiger partial charge in [0.1, 0.15) is 6.61 Å². The van der Waals surface area contributed by atoms with Crippen LogP contribution in [0.5, 0.6) is 0 Å². The van der Waals surface area contributed by atoms with Crippen molar-refractivity contribution in [2.24, 2.45) is 11.3 Å². The largest absolute Gasteiger partial charge is 0.445 e. The number of hydrogen-bond donors (Lipinski definition) is 1. The molecule has 2 aliphatic heterocycles. The summed E-state index contributed by atoms with van der Waals surface area (Å²) >= 11 is 0. The van der Waals surface area contributed by atoms with E-state index < -0.39 is 0 Å². The van der Waals surface area contributed by atoms with Crippen molar-refractivity contribution < 1.29 is 14.6 Å². The lowest BCUT2D eigenvalue weighted by atomic mass is 9.65. The van der Waals surface area contributed by atoms with Crippen LogP contribution in [0.25, 0.3) is 0 Å². The highest BCUT2D eigenvalue weighted by molar-refractivity contribution is 5.67. The molecule has 0 aromatic heterocycles. The normalized spacial score (nSPS) is 24.1. The molecule has 3 rings (SSSR count). The number of carbonyl (C=O) groups is 1. The SMILES string of the molecule is CN1CC2(CCN(C(=O)OCc3ccccc3)CC2CO)C1. The number of benzene rings is 1. The highest BCUT2D eigenvalue weighted by Crippen LogP contribution is 2.43. The fourth-order valence-corrected chi connectivity index (χ4v) is 3.79. The number of aliphatic hydroxyl groups excluding tert-OH is 1. The lowest BCUT2D eigenvalue weighted by Crippen LogP contribution is -2.64. The Balaban J connectivity index is 1.54. The molecular formula is C17H24N2O3. The van der Waals surface area contributed by atoms with Crippen LogP contribution >= 0.6 is 0 Å². The third-order valence-corrected chi connectivity index (χ3v) is 5.04. The average Bonchev–Trinajstić information content (AvgIpc) is 2.52. The second kappa shape index (κ2) is 6.26. The van der Waals surface area contributed by atoms with Gasteiger partial charge in [-0.25, -0.2) is 4.79 Å². The lowest BCUT2D eigenvalue weighted by molar-refractivity contribution is -0.0917. The van der Waals surface area contributed by atoms with Gasteiger partial charge in [0.15, 0.2) is 0 Å². The molecule has 120 valence electrons. The maximum atomic E-state index is 12.2. The van der Waals surface area contributed by atoms with E-state index in [4.69, 9.17) is 4.74 Å². The third kappa shape index (κ3) is 2.96. The quantitative estimate of drug-likeness (QED) is 0.921. The summed E-state index contributed by atoms with van der Waals surface area (Å²) in [6.07, 6.45) is 0.674. The standard InChI is InChI=1S/C17H24N2O3/c1-18-12-17(13-18)7-8-19(9-15(17)10-20)16(21)22-11-14-5-3-2-4-6-14/h2-6,15,20H,7-13H2,1H3. The lowest BCUT2D eigenvalue weighted by Gasteiger charge is -2.56. The number of ether oxygens (including phenoxy) is 1. The molecule has 1 N–H and O–H groups in total. The first-order valence-electron chi connectivity index (χ1n) is 7.88. The molecule has 0 radical (unpaired) electrons. The van der Waals surface area contributed by atoms with Gasteiger partial charge in [0, 0.05) is 44.1 Å². The average molecular weight is 304 g/mol. The summed E-state index contributed by atoms with van der Waals surface area (Å²) < 4.78 is 5.40. The molecule has 1 aromatic rings. The number of aliphatic hydroxyl groups is 1. The molecular weight excluding hydrogens is 280 g/mol. The summed E-state index contributed by atoms with van der Waals surface area (Å²) in [5.74, 6) is 0.154. The summed E-state index contributed by atoms with van der Waals surface area (Å²) in [7, 11) is 2.10. The molecule has 1 spiro atoms. The first kappa shape index (κ1) is 15.3. The van der Waals surface area contributed by atoms with Gasteiger partial charge in [0.25, 0.3) is 0 Å². The minimum Gasteiger partial charge on any atom is -0.445 e. The van der Waals surface area contributed by atoms with Crippen molar-refractivity contribution in [3.8, 4) is 0 Å². The first-order chi connectivity index (χ1) is 10.6. The highest BCUT2D eigenvalue weighted by atomic mass is 16.6. The second-order valence-corrected chi connectivity index (χ2v) is 6.65. The second-order valence-electron chi connectivity index (χ2n) is 6.65. The molecule has 1 amide bonds. The predicted molar refractivity (Wildman–Crippen MR) is 83.3 cm³/mol. The van der Waals surface area contributed by atoms with Gasteiger partial charge in [-0.15, -0.1) is 0 Å². The van der Waals surface area contributed by atoms with E-state index in [-0.39, 0.29) is 24.0 Å². The molecule has 5 heteroatoms. The van der Waals surface area contributed by atoms with Gasteiger partial charge in [0.2, 0.25) is 0 Å². The summed E-state index contributed by atoms with van der Waals surface area (Å²) in [5, 5.41) is 9.69. The van der Waals surface area contributed by atoms with Crippen molar-refractivity contribution in [3.05, 3.63) is 35.9 Å². The monoisotopic (exact) mass is 304 g/mol. The van der Waals surface area contributed by atoms with E-state index in [9.17, 15) is 9.90 Å². The molecule has 22 heavy (non-hydrogen) atoms. The van der Waals surface area contributed by atoms with E-state index in [0.29, 0.717) is 13.2 Å². The smallest absolute Gasteiger partial charge is 0.410 e. The summed E-state index contributed by atoms with van der Waals surface area (Å²) in [6.45, 7) is 3.79. The molecule has 1 aromatic carbocycles. The minimum absolute atomic E-state index is 0.135. The van der Waals surface area contributed by atoms with E-state index in [0.717, 1.165) is 31.6 Å². The summed E-state index contributed by atoms with van der Waals surface area (Å²) in [6, 6.07) is 9.70. The van der Waals surface area contributed by atoms with Crippen LogP contribution < -0.4 is 0 Å². The van der Waals surface area contributed by atoms with Gasteiger partial charge in [-0.3, -0.25) is 0 Å². The summed E-state index contributed by atoms with van der Waals surface area (Å²) in [5.41, 5.74) is 1.18. The minimum atomic E-state index is -0.273. The Morgan fingerprint density at radius 3 is 2.73 bits per heavy atom. The Kier molecular flexibility index (Phi) is 4.36. The predicted octanol–water partition coefficient (Wildman–Crippen LogP) is 1.57. The first-order valence-corrected chi connectivity index (χ1v) is 7.88. The van der Waals surface area contributed by atoms with Crippen LogP contribution in [0.3, 0.4) is 0 Å². The van der Waals surface area contributed by atoms with Crippen LogP contribution in [-0.2, 0) is 11.3 Å². The van der Waals surface area contributed by atoms with E-state index in [1.54, 1.807) is 4.90 Å². The van der Waals surface area contributed by atoms with Crippen LogP contribution in [0, 0.1) is 11.3 Å². The zero-order chi connectivity index (χ0) is 15.6. The van der Waals surface area contributed by atoms with Gasteiger partial charge in [0.05, 0.1) is 0 Å². The Labute approximate surface area is 131 Å². The Morgan fingerprint density at radius 1 is 1.36 bits per heavy atom. The molecule has 0 saturated carbocycles. The Bertz CT molecular complexity index is 514. The number of carbonyl (C=O) groups excluding carboxylic acids is 1. The number of hydrogen-bond acceptors (Lipinski definition) is 4. The van der Waals surface area contributed by atoms with E-state index in [1.807, 2.05) is 30.3 Å². The highest BCUT2D eigenvalue weighted by Gasteiger charge is 2.50. The molecule has 0 aliphatic carbocycles. The van der Waals surface area contributed by atoms with Gasteiger partial charge in [-0.1, -0.05) is 30.3 Å². The van der Waals surface area contributed by atoms with Crippen LogP contribution in [0.2, 0.25) is 0 Å². The number of likely N-dealkylation sites (tertiary alicyclic amines) is 2. The number of amides is 1. The zero-order valence-electron chi connectivity index (χ0n) is 13.1. The summed E-state index contributed by atoms with van der Waals surface area (Å²) in [4.78, 5) is 16.2. The van der Waals surface area contributed by atoms with Crippen LogP contribution in [0.4, 0.5) is 4.79 Å². The van der Waals surface area contributed by atoms with Gasteiger partial charge >= 0.3 is 6.09 Å². The molecule has 2 aliphatic rings. The number of nitrogens with zero attached hydrogens (tertiary/aromatic N) is 2. The third-order valence-electron chi connectivity index (χ3n) is 5.04. The maximum absolute atomic E-state index is 12.2. The van der Waals surface area contributed by atoms with Crippen LogP contribution in [0.1, 0.15) is 12.0 Å². The molecule has 2 heterocycles. The number of rotatable bonds is 3. The van der Waals surface area contributed by atoms with Crippen molar-refractivity contribution in [1.29, 1.82) is 0 Å². The molecule has 5 nitrogen and oxygen atoms in total. The van der Waals surface area contributed by atoms with Crippen molar-refractivity contribution in [3.63, 3.8) is 0 Å². The van der Waals surface area contributed by atoms with Crippen molar-refractivity contribution in [2.45, 2.75) is 13.0 Å². The van der Waals surface area contributed by atoms with Crippen molar-refractivity contribution in [2.75, 3.05) is 39.8 Å². The van der Waals surface area contributed by atoms with Gasteiger partial charge in [-0.05, 0) is 19.0 Å². The Hall–Kier alpha value is -1.59. The van der Waals surface area contributed by atoms with Gasteiger partial charge in [-0.2, -0.15) is 0 Å². The number of piperidine rings is 1. The maximum Gasteiger partial charge on any atom is 0.410 e. The molecule has 1 atom stereocenters. The van der Waals surface area contributed by atoms with Crippen molar-refractivity contribution in [1.82, 2.24) is 9.80 Å². The fraction of sp³-hybridized carbons (Fsp3) is 0.588. The van der Waals surface area contributed by atoms with Crippen molar-refractivity contribution >= 4 is 6.09 Å². The Morgan fingerprint density at radius 2 is 2.09 bits per heavy atom. The van der Waals surface area contributed by atoms with E-state index >= 15 is 0 Å².